The molecule has 13 heteroatoms. The van der Waals surface area contributed by atoms with Gasteiger partial charge in [-0.05, 0) is 66.0 Å². The number of nitrogens with zero attached hydrogens (tertiary/aromatic N) is 2. The Morgan fingerprint density at radius 1 is 0.958 bits per heavy atom. The summed E-state index contributed by atoms with van der Waals surface area (Å²) in [5.74, 6) is 0.00229. The van der Waals surface area contributed by atoms with Gasteiger partial charge in [0.05, 0.1) is 31.4 Å². The molecule has 248 valence electrons. The first kappa shape index (κ1) is 34.6. The van der Waals surface area contributed by atoms with E-state index in [9.17, 15) is 19.6 Å². The summed E-state index contributed by atoms with van der Waals surface area (Å²) in [5, 5.41) is 25.8. The zero-order valence-corrected chi connectivity index (χ0v) is 27.4. The molecular formula is C35H38BClN6O5. The van der Waals surface area contributed by atoms with Crippen LogP contribution in [-0.4, -0.2) is 73.3 Å². The lowest BCUT2D eigenvalue weighted by molar-refractivity contribution is -0.121. The van der Waals surface area contributed by atoms with Gasteiger partial charge in [0.2, 0.25) is 5.91 Å². The van der Waals surface area contributed by atoms with Crippen LogP contribution in [0.5, 0.6) is 5.75 Å². The second kappa shape index (κ2) is 15.5. The van der Waals surface area contributed by atoms with Crippen molar-refractivity contribution in [1.29, 1.82) is 0 Å². The molecule has 1 heterocycles. The van der Waals surface area contributed by atoms with Gasteiger partial charge in [-0.1, -0.05) is 60.1 Å². The fourth-order valence-corrected chi connectivity index (χ4v) is 5.89. The van der Waals surface area contributed by atoms with Crippen LogP contribution in [0.25, 0.3) is 11.1 Å². The highest BCUT2D eigenvalue weighted by atomic mass is 35.5. The fourth-order valence-electron chi connectivity index (χ4n) is 5.76. The van der Waals surface area contributed by atoms with Gasteiger partial charge in [0, 0.05) is 40.5 Å². The molecule has 0 fully saturated rings. The third-order valence-electron chi connectivity index (χ3n) is 8.11. The summed E-state index contributed by atoms with van der Waals surface area (Å²) < 4.78 is 5.51. The number of halogens is 1. The van der Waals surface area contributed by atoms with Crippen molar-refractivity contribution >= 4 is 47.4 Å². The Labute approximate surface area is 284 Å². The normalized spacial score (nSPS) is 16.2. The molecule has 8 N–H and O–H groups in total. The number of carbonyl (C=O) groups is 2. The van der Waals surface area contributed by atoms with Crippen LogP contribution in [0.4, 0.5) is 5.69 Å². The van der Waals surface area contributed by atoms with Crippen LogP contribution in [0.3, 0.4) is 0 Å². The average Bonchev–Trinajstić information content (AvgIpc) is 3.20. The molecule has 0 aromatic heterocycles. The molecule has 2 unspecified atom stereocenters. The number of carbonyl (C=O) groups excluding carboxylic acids is 2. The van der Waals surface area contributed by atoms with Gasteiger partial charge in [-0.2, -0.15) is 0 Å². The predicted molar refractivity (Wildman–Crippen MR) is 190 cm³/mol. The molecule has 4 aromatic rings. The molecule has 3 atom stereocenters. The molecule has 0 saturated carbocycles. The quantitative estimate of drug-likeness (QED) is 0.104. The Balaban J connectivity index is 1.28. The van der Waals surface area contributed by atoms with Crippen LogP contribution in [0, 0.1) is 0 Å². The van der Waals surface area contributed by atoms with E-state index < -0.39 is 25.5 Å². The average molecular weight is 669 g/mol. The number of ether oxygens (including phenoxy) is 1. The highest BCUT2D eigenvalue weighted by molar-refractivity contribution is 6.60. The van der Waals surface area contributed by atoms with E-state index in [0.717, 1.165) is 16.8 Å². The first-order valence-corrected chi connectivity index (χ1v) is 15.9. The van der Waals surface area contributed by atoms with Gasteiger partial charge in [0.1, 0.15) is 11.9 Å². The molecule has 0 spiro atoms. The van der Waals surface area contributed by atoms with Crippen molar-refractivity contribution in [3.63, 3.8) is 0 Å². The van der Waals surface area contributed by atoms with Crippen molar-refractivity contribution in [2.24, 2.45) is 16.5 Å². The van der Waals surface area contributed by atoms with Crippen molar-refractivity contribution in [3.05, 3.63) is 113 Å². The van der Waals surface area contributed by atoms with E-state index in [4.69, 9.17) is 32.8 Å². The van der Waals surface area contributed by atoms with Crippen LogP contribution < -0.4 is 37.2 Å². The molecule has 5 rings (SSSR count). The van der Waals surface area contributed by atoms with Gasteiger partial charge in [-0.15, -0.1) is 0 Å². The Morgan fingerprint density at radius 2 is 1.69 bits per heavy atom. The number of methoxy groups -OCH3 is 1. The SMILES string of the molecule is COc1ccc2c(c1)C(c1ccc(Cl)cc1)=N[C@@H](CC(=O)NCCNC(=O)c1cccc(-c3ccccc3B(O)O)c1)C(N)N2C(C)N. The van der Waals surface area contributed by atoms with E-state index in [1.165, 1.54) is 0 Å². The van der Waals surface area contributed by atoms with E-state index in [2.05, 4.69) is 10.6 Å². The minimum absolute atomic E-state index is 0.0291. The predicted octanol–water partition coefficient (Wildman–Crippen LogP) is 2.25. The number of benzodiazepines with no additional fused rings is 1. The smallest absolute Gasteiger partial charge is 0.489 e. The number of amides is 2. The van der Waals surface area contributed by atoms with E-state index in [-0.39, 0.29) is 31.3 Å². The summed E-state index contributed by atoms with van der Waals surface area (Å²) in [6.45, 7) is 2.17. The molecule has 2 amide bonds. The molecule has 0 aliphatic carbocycles. The molecule has 1 aliphatic rings. The first-order chi connectivity index (χ1) is 23.1. The number of nitrogens with two attached hydrogens (primary N) is 2. The number of benzene rings is 4. The zero-order chi connectivity index (χ0) is 34.4. The molecule has 0 bridgehead atoms. The Hall–Kier alpha value is -4.72. The summed E-state index contributed by atoms with van der Waals surface area (Å²) in [5.41, 5.74) is 18.2. The van der Waals surface area contributed by atoms with Crippen molar-refractivity contribution in [2.45, 2.75) is 31.7 Å². The number of hydrogen-bond acceptors (Lipinski definition) is 9. The Bertz CT molecular complexity index is 1800. The lowest BCUT2D eigenvalue weighted by Gasteiger charge is -2.36. The topological polar surface area (TPSA) is 176 Å². The summed E-state index contributed by atoms with van der Waals surface area (Å²) in [7, 11) is -0.0610. The number of anilines is 1. The number of hydrogen-bond donors (Lipinski definition) is 6. The largest absolute Gasteiger partial charge is 0.497 e. The number of nitrogens with one attached hydrogen (secondary N) is 2. The van der Waals surface area contributed by atoms with Crippen LogP contribution in [-0.2, 0) is 4.79 Å². The second-order valence-electron chi connectivity index (χ2n) is 11.4. The highest BCUT2D eigenvalue weighted by Gasteiger charge is 2.34. The monoisotopic (exact) mass is 668 g/mol. The lowest BCUT2D eigenvalue weighted by atomic mass is 9.75. The number of fused-ring (bicyclic) bond motifs is 1. The van der Waals surface area contributed by atoms with Crippen LogP contribution in [0.1, 0.15) is 34.8 Å². The standard InChI is InChI=1S/C35H38BClN6O5/c1-21(38)43-31-15-14-26(48-2)19-28(31)33(22-10-12-25(37)13-11-22)42-30(34(43)39)20-32(44)40-16-17-41-35(45)24-7-5-6-23(18-24)27-8-3-4-9-29(27)36(46)47/h3-15,18-19,21,30,34,46-47H,16-17,20,38-39H2,1-2H3,(H,40,44)(H,41,45)/t21?,30-,34?/m0/s1. The summed E-state index contributed by atoms with van der Waals surface area (Å²) in [4.78, 5) is 33.1. The molecule has 4 aromatic carbocycles. The van der Waals surface area contributed by atoms with Gasteiger partial charge in [-0.25, -0.2) is 0 Å². The van der Waals surface area contributed by atoms with Crippen molar-refractivity contribution in [3.8, 4) is 16.9 Å². The highest BCUT2D eigenvalue weighted by Crippen LogP contribution is 2.34. The van der Waals surface area contributed by atoms with Gasteiger partial charge in [0.15, 0.2) is 0 Å². The summed E-state index contributed by atoms with van der Waals surface area (Å²) >= 11 is 6.18. The van der Waals surface area contributed by atoms with Crippen molar-refractivity contribution < 1.29 is 24.4 Å². The van der Waals surface area contributed by atoms with E-state index in [1.54, 1.807) is 67.8 Å². The summed E-state index contributed by atoms with van der Waals surface area (Å²) in [6.07, 6.45) is -1.25. The van der Waals surface area contributed by atoms with Crippen molar-refractivity contribution in [2.75, 3.05) is 25.1 Å². The minimum Gasteiger partial charge on any atom is -0.497 e. The van der Waals surface area contributed by atoms with Crippen LogP contribution >= 0.6 is 11.6 Å². The van der Waals surface area contributed by atoms with E-state index >= 15 is 0 Å². The molecule has 0 radical (unpaired) electrons. The molecule has 1 aliphatic heterocycles. The Kier molecular flexibility index (Phi) is 11.1. The van der Waals surface area contributed by atoms with E-state index in [1.807, 2.05) is 42.2 Å². The van der Waals surface area contributed by atoms with Gasteiger partial charge in [-0.3, -0.25) is 14.6 Å². The van der Waals surface area contributed by atoms with Crippen LogP contribution in [0.15, 0.2) is 96.0 Å². The first-order valence-electron chi connectivity index (χ1n) is 15.5. The Morgan fingerprint density at radius 3 is 2.40 bits per heavy atom. The molecule has 0 saturated heterocycles. The van der Waals surface area contributed by atoms with Crippen molar-refractivity contribution in [1.82, 2.24) is 10.6 Å². The van der Waals surface area contributed by atoms with Gasteiger partial charge in [0.25, 0.3) is 5.91 Å². The van der Waals surface area contributed by atoms with E-state index in [0.29, 0.717) is 38.6 Å². The molecule has 48 heavy (non-hydrogen) atoms. The van der Waals surface area contributed by atoms with Gasteiger partial charge < -0.3 is 41.8 Å². The maximum atomic E-state index is 13.2. The fraction of sp³-hybridized carbons (Fsp3) is 0.229. The summed E-state index contributed by atoms with van der Waals surface area (Å²) in [6, 6.07) is 25.9. The zero-order valence-electron chi connectivity index (χ0n) is 26.6. The van der Waals surface area contributed by atoms with Crippen LogP contribution in [0.2, 0.25) is 5.02 Å². The number of aliphatic imine (C=N–C) groups is 1. The third kappa shape index (κ3) is 7.87. The lowest BCUT2D eigenvalue weighted by Crippen LogP contribution is -2.56. The molecule has 11 nitrogen and oxygen atoms in total. The third-order valence-corrected chi connectivity index (χ3v) is 8.36. The molecular weight excluding hydrogens is 631 g/mol. The maximum absolute atomic E-state index is 13.2. The number of rotatable bonds is 11. The maximum Gasteiger partial charge on any atom is 0.489 e. The second-order valence-corrected chi connectivity index (χ2v) is 11.9. The minimum atomic E-state index is -1.65. The van der Waals surface area contributed by atoms with Gasteiger partial charge >= 0.3 is 7.12 Å².